The van der Waals surface area contributed by atoms with Gasteiger partial charge in [0.25, 0.3) is 5.91 Å². The summed E-state index contributed by atoms with van der Waals surface area (Å²) in [6.07, 6.45) is 0. The highest BCUT2D eigenvalue weighted by Gasteiger charge is 2.21. The van der Waals surface area contributed by atoms with E-state index in [0.29, 0.717) is 23.0 Å². The molecule has 2 aromatic rings. The molecule has 1 aromatic carbocycles. The first-order valence-electron chi connectivity index (χ1n) is 9.91. The van der Waals surface area contributed by atoms with Gasteiger partial charge in [-0.2, -0.15) is 5.10 Å². The molecule has 0 radical (unpaired) electrons. The third-order valence-electron chi connectivity index (χ3n) is 4.46. The highest BCUT2D eigenvalue weighted by atomic mass is 16.6. The Morgan fingerprint density at radius 3 is 2.23 bits per heavy atom. The van der Waals surface area contributed by atoms with Gasteiger partial charge in [-0.1, -0.05) is 48.1 Å². The van der Waals surface area contributed by atoms with Crippen molar-refractivity contribution in [1.29, 1.82) is 0 Å². The molecule has 2 rings (SSSR count). The molecule has 0 fully saturated rings. The molecule has 1 amide bonds. The lowest BCUT2D eigenvalue weighted by Crippen LogP contribution is -2.24. The molecule has 0 saturated carbocycles. The molecule has 0 spiro atoms. The second kappa shape index (κ2) is 8.73. The van der Waals surface area contributed by atoms with E-state index in [4.69, 9.17) is 4.84 Å². The number of allylic oxidation sites excluding steroid dienone is 1. The molecule has 0 aliphatic heterocycles. The summed E-state index contributed by atoms with van der Waals surface area (Å²) in [7, 11) is 1.77. The molecule has 7 nitrogen and oxygen atoms in total. The minimum atomic E-state index is -0.205. The van der Waals surface area contributed by atoms with Crippen molar-refractivity contribution in [3.05, 3.63) is 54.1 Å². The van der Waals surface area contributed by atoms with Gasteiger partial charge in [-0.3, -0.25) is 9.48 Å². The van der Waals surface area contributed by atoms with Gasteiger partial charge >= 0.3 is 0 Å². The van der Waals surface area contributed by atoms with Crippen LogP contribution >= 0.6 is 0 Å². The van der Waals surface area contributed by atoms with Crippen molar-refractivity contribution >= 4 is 23.1 Å². The summed E-state index contributed by atoms with van der Waals surface area (Å²) in [5.41, 5.74) is 5.32. The maximum absolute atomic E-state index is 12.6. The van der Waals surface area contributed by atoms with E-state index in [1.54, 1.807) is 30.8 Å². The van der Waals surface area contributed by atoms with Crippen LogP contribution in [-0.4, -0.2) is 21.5 Å². The van der Waals surface area contributed by atoms with Crippen molar-refractivity contribution in [1.82, 2.24) is 15.3 Å². The predicted octanol–water partition coefficient (Wildman–Crippen LogP) is 5.10. The summed E-state index contributed by atoms with van der Waals surface area (Å²) < 4.78 is 1.61. The fraction of sp³-hybridized carbons (Fsp3) is 0.435. The zero-order valence-corrected chi connectivity index (χ0v) is 19.3. The molecule has 7 heteroatoms. The predicted molar refractivity (Wildman–Crippen MR) is 122 cm³/mol. The fourth-order valence-corrected chi connectivity index (χ4v) is 2.37. The van der Waals surface area contributed by atoms with Crippen molar-refractivity contribution in [2.45, 2.75) is 53.9 Å². The molecule has 1 heterocycles. The van der Waals surface area contributed by atoms with Gasteiger partial charge in [0, 0.05) is 23.6 Å². The first-order valence-corrected chi connectivity index (χ1v) is 9.91. The Hall–Kier alpha value is -3.09. The smallest absolute Gasteiger partial charge is 0.273 e. The number of rotatable bonds is 5. The first-order chi connectivity index (χ1) is 13.8. The van der Waals surface area contributed by atoms with Crippen molar-refractivity contribution < 1.29 is 9.63 Å². The minimum absolute atomic E-state index is 0.120. The van der Waals surface area contributed by atoms with E-state index in [0.717, 1.165) is 11.4 Å². The molecule has 0 saturated heterocycles. The maximum Gasteiger partial charge on any atom is 0.273 e. The third kappa shape index (κ3) is 6.20. The summed E-state index contributed by atoms with van der Waals surface area (Å²) in [5.74, 6) is 1.02. The second-order valence-electron chi connectivity index (χ2n) is 9.36. The number of hydroxylamine groups is 1. The lowest BCUT2D eigenvalue weighted by Gasteiger charge is -2.21. The monoisotopic (exact) mass is 411 g/mol. The Morgan fingerprint density at radius 2 is 1.73 bits per heavy atom. The van der Waals surface area contributed by atoms with E-state index in [2.05, 4.69) is 48.2 Å². The van der Waals surface area contributed by atoms with E-state index in [9.17, 15) is 4.79 Å². The van der Waals surface area contributed by atoms with Gasteiger partial charge in [0.2, 0.25) is 0 Å². The number of nitrogens with zero attached hydrogens (tertiary/aromatic N) is 3. The van der Waals surface area contributed by atoms with Crippen LogP contribution < -0.4 is 10.8 Å². The average Bonchev–Trinajstić information content (AvgIpc) is 3.03. The van der Waals surface area contributed by atoms with Crippen LogP contribution in [0.25, 0.3) is 0 Å². The number of anilines is 1. The summed E-state index contributed by atoms with van der Waals surface area (Å²) >= 11 is 0. The Bertz CT molecular complexity index is 941. The number of aromatic nitrogens is 2. The Labute approximate surface area is 179 Å². The number of carbonyl (C=O) groups excluding carboxylic acids is 1. The topological polar surface area (TPSA) is 80.5 Å². The number of nitrogens with one attached hydrogen (secondary N) is 2. The van der Waals surface area contributed by atoms with Gasteiger partial charge < -0.3 is 10.2 Å². The Balaban J connectivity index is 2.01. The number of benzene rings is 1. The van der Waals surface area contributed by atoms with Gasteiger partial charge in [0.05, 0.1) is 11.4 Å². The van der Waals surface area contributed by atoms with E-state index < -0.39 is 0 Å². The lowest BCUT2D eigenvalue weighted by molar-refractivity contribution is 0.101. The molecular weight excluding hydrogens is 378 g/mol. The van der Waals surface area contributed by atoms with Gasteiger partial charge in [0.15, 0.2) is 0 Å². The van der Waals surface area contributed by atoms with E-state index in [1.165, 1.54) is 0 Å². The van der Waals surface area contributed by atoms with Gasteiger partial charge in [-0.05, 0) is 37.3 Å². The summed E-state index contributed by atoms with van der Waals surface area (Å²) in [6.45, 7) is 18.0. The van der Waals surface area contributed by atoms with Gasteiger partial charge in [0.1, 0.15) is 17.3 Å². The molecule has 0 bridgehead atoms. The van der Waals surface area contributed by atoms with Gasteiger partial charge in [-0.25, -0.2) is 10.5 Å². The van der Waals surface area contributed by atoms with E-state index >= 15 is 0 Å². The van der Waals surface area contributed by atoms with Crippen LogP contribution in [0.2, 0.25) is 0 Å². The first kappa shape index (κ1) is 23.2. The fourth-order valence-electron chi connectivity index (χ4n) is 2.37. The molecule has 0 unspecified atom stereocenters. The molecule has 0 aliphatic carbocycles. The van der Waals surface area contributed by atoms with Crippen molar-refractivity contribution in [3.63, 3.8) is 0 Å². The number of carbonyl (C=O) groups is 1. The normalized spacial score (nSPS) is 12.5. The van der Waals surface area contributed by atoms with Crippen LogP contribution in [0.4, 0.5) is 11.4 Å². The zero-order valence-electron chi connectivity index (χ0n) is 19.3. The van der Waals surface area contributed by atoms with Crippen LogP contribution in [0, 0.1) is 5.41 Å². The van der Waals surface area contributed by atoms with Crippen molar-refractivity contribution in [2.24, 2.45) is 17.5 Å². The molecule has 0 aliphatic rings. The zero-order chi connectivity index (χ0) is 22.7. The number of hydrogen-bond acceptors (Lipinski definition) is 4. The van der Waals surface area contributed by atoms with E-state index in [-0.39, 0.29) is 16.7 Å². The van der Waals surface area contributed by atoms with E-state index in [1.807, 2.05) is 39.0 Å². The van der Waals surface area contributed by atoms with Crippen LogP contribution in [0.3, 0.4) is 0 Å². The highest BCUT2D eigenvalue weighted by molar-refractivity contribution is 6.03. The van der Waals surface area contributed by atoms with Crippen LogP contribution in [0.1, 0.15) is 64.6 Å². The molecule has 2 N–H and O–H groups in total. The highest BCUT2D eigenvalue weighted by Crippen LogP contribution is 2.24. The van der Waals surface area contributed by atoms with Crippen molar-refractivity contribution in [3.8, 4) is 0 Å². The molecule has 0 atom stereocenters. The largest absolute Gasteiger partial charge is 0.386 e. The molecular formula is C23H33N5O2. The van der Waals surface area contributed by atoms with Gasteiger partial charge in [-0.15, -0.1) is 0 Å². The standard InChI is InChI=1S/C23H33N5O2/c1-15(22(3,4)5)30-27-16(2)24-17-10-12-18(13-11-17)25-21(29)19-14-20(23(6,7)8)26-28(19)9/h10-14H,1H2,2-9H3,(H,24,27)(H,25,29). The number of hydrogen-bond donors (Lipinski definition) is 2. The maximum atomic E-state index is 12.6. The number of aliphatic imine (C=N–C) groups is 1. The number of amides is 1. The Morgan fingerprint density at radius 1 is 1.13 bits per heavy atom. The summed E-state index contributed by atoms with van der Waals surface area (Å²) in [6, 6.07) is 9.08. The second-order valence-corrected chi connectivity index (χ2v) is 9.36. The third-order valence-corrected chi connectivity index (χ3v) is 4.46. The van der Waals surface area contributed by atoms with Crippen molar-refractivity contribution in [2.75, 3.05) is 5.32 Å². The Kier molecular flexibility index (Phi) is 6.75. The quantitative estimate of drug-likeness (QED) is 0.310. The minimum Gasteiger partial charge on any atom is -0.386 e. The summed E-state index contributed by atoms with van der Waals surface area (Å²) in [4.78, 5) is 22.5. The summed E-state index contributed by atoms with van der Waals surface area (Å²) in [5, 5.41) is 7.35. The molecule has 30 heavy (non-hydrogen) atoms. The number of aryl methyl sites for hydroxylation is 1. The molecule has 1 aromatic heterocycles. The van der Waals surface area contributed by atoms with Crippen LogP contribution in [0.15, 0.2) is 47.7 Å². The van der Waals surface area contributed by atoms with Crippen LogP contribution in [-0.2, 0) is 17.3 Å². The average molecular weight is 412 g/mol. The molecule has 162 valence electrons. The SMILES string of the molecule is C=C(ONC(C)=Nc1ccc(NC(=O)c2cc(C(C)(C)C)nn2C)cc1)C(C)(C)C. The lowest BCUT2D eigenvalue weighted by atomic mass is 9.92. The number of amidine groups is 1. The van der Waals surface area contributed by atoms with Crippen LogP contribution in [0.5, 0.6) is 0 Å².